The van der Waals surface area contributed by atoms with E-state index in [1.165, 1.54) is 6.26 Å². The van der Waals surface area contributed by atoms with Crippen LogP contribution in [0.5, 0.6) is 0 Å². The van der Waals surface area contributed by atoms with Gasteiger partial charge in [-0.2, -0.15) is 0 Å². The van der Waals surface area contributed by atoms with Gasteiger partial charge < -0.3 is 5.11 Å². The van der Waals surface area contributed by atoms with Gasteiger partial charge in [-0.25, -0.2) is 8.42 Å². The molecule has 0 heterocycles. The Morgan fingerprint density at radius 2 is 1.79 bits per heavy atom. The summed E-state index contributed by atoms with van der Waals surface area (Å²) in [6.07, 6.45) is 2.34. The Balaban J connectivity index is 2.57. The second-order valence-electron chi connectivity index (χ2n) is 5.36. The third-order valence-electron chi connectivity index (χ3n) is 3.27. The predicted molar refractivity (Wildman–Crippen MR) is 56.8 cm³/mol. The molecule has 0 unspecified atom stereocenters. The average molecular weight is 220 g/mol. The van der Waals surface area contributed by atoms with Crippen LogP contribution in [-0.4, -0.2) is 31.1 Å². The summed E-state index contributed by atoms with van der Waals surface area (Å²) in [6, 6.07) is 0. The molecule has 0 bridgehead atoms. The zero-order valence-corrected chi connectivity index (χ0v) is 10.1. The van der Waals surface area contributed by atoms with Gasteiger partial charge in [0.2, 0.25) is 0 Å². The minimum atomic E-state index is -3.11. The molecule has 0 amide bonds. The van der Waals surface area contributed by atoms with Crippen molar-refractivity contribution in [3.63, 3.8) is 0 Å². The molecule has 0 aliphatic heterocycles. The van der Waals surface area contributed by atoms with Crippen molar-refractivity contribution in [3.8, 4) is 0 Å². The fourth-order valence-corrected chi connectivity index (χ4v) is 2.97. The first-order valence-electron chi connectivity index (χ1n) is 5.00. The first-order valence-corrected chi connectivity index (χ1v) is 6.96. The summed E-state index contributed by atoms with van der Waals surface area (Å²) in [7, 11) is -3.11. The average Bonchev–Trinajstić information content (AvgIpc) is 1.95. The van der Waals surface area contributed by atoms with Crippen LogP contribution in [0.25, 0.3) is 0 Å². The molecule has 1 aliphatic carbocycles. The summed E-state index contributed by atoms with van der Waals surface area (Å²) < 4.78 is 22.4. The van der Waals surface area contributed by atoms with Crippen molar-refractivity contribution < 1.29 is 13.5 Å². The minimum absolute atomic E-state index is 0.162. The van der Waals surface area contributed by atoms with Crippen molar-refractivity contribution in [2.75, 3.05) is 6.26 Å². The van der Waals surface area contributed by atoms with E-state index in [1.807, 2.05) is 0 Å². The second kappa shape index (κ2) is 3.49. The van der Waals surface area contributed by atoms with Gasteiger partial charge in [-0.3, -0.25) is 0 Å². The highest BCUT2D eigenvalue weighted by Gasteiger charge is 2.43. The molecule has 84 valence electrons. The van der Waals surface area contributed by atoms with E-state index in [1.54, 1.807) is 6.92 Å². The van der Waals surface area contributed by atoms with Crippen LogP contribution in [-0.2, 0) is 9.84 Å². The quantitative estimate of drug-likeness (QED) is 0.778. The van der Waals surface area contributed by atoms with Crippen molar-refractivity contribution in [2.45, 2.75) is 45.0 Å². The molecule has 1 N–H and O–H groups in total. The lowest BCUT2D eigenvalue weighted by molar-refractivity contribution is -0.0128. The predicted octanol–water partition coefficient (Wildman–Crippen LogP) is 1.22. The number of sulfone groups is 1. The molecule has 0 aromatic rings. The summed E-state index contributed by atoms with van der Waals surface area (Å²) in [5.74, 6) is 0.162. The standard InChI is InChI=1S/C10H20O3S/c1-7(14(4,12)13)9(11)8-5-10(2,3)6-8/h7-9,11H,5-6H2,1-4H3/t7-,9-/m1/s1. The fourth-order valence-electron chi connectivity index (χ4n) is 2.24. The Labute approximate surface area is 86.4 Å². The van der Waals surface area contributed by atoms with E-state index in [0.717, 1.165) is 12.8 Å². The van der Waals surface area contributed by atoms with Gasteiger partial charge in [0, 0.05) is 6.26 Å². The molecule has 2 atom stereocenters. The van der Waals surface area contributed by atoms with Gasteiger partial charge in [0.1, 0.15) is 0 Å². The Hall–Kier alpha value is -0.0900. The van der Waals surface area contributed by atoms with Crippen LogP contribution in [0.1, 0.15) is 33.6 Å². The molecular weight excluding hydrogens is 200 g/mol. The van der Waals surface area contributed by atoms with Gasteiger partial charge in [0.05, 0.1) is 11.4 Å². The molecule has 14 heavy (non-hydrogen) atoms. The SMILES string of the molecule is C[C@H]([C@@H](O)C1CC(C)(C)C1)S(C)(=O)=O. The Morgan fingerprint density at radius 1 is 1.36 bits per heavy atom. The van der Waals surface area contributed by atoms with Crippen molar-refractivity contribution in [1.82, 2.24) is 0 Å². The van der Waals surface area contributed by atoms with Crippen LogP contribution >= 0.6 is 0 Å². The maximum absolute atomic E-state index is 11.2. The highest BCUT2D eigenvalue weighted by atomic mass is 32.2. The van der Waals surface area contributed by atoms with E-state index in [4.69, 9.17) is 0 Å². The molecule has 0 spiro atoms. The van der Waals surface area contributed by atoms with Gasteiger partial charge in [-0.15, -0.1) is 0 Å². The zero-order chi connectivity index (χ0) is 11.1. The highest BCUT2D eigenvalue weighted by Crippen LogP contribution is 2.47. The largest absolute Gasteiger partial charge is 0.391 e. The lowest BCUT2D eigenvalue weighted by Gasteiger charge is -2.46. The number of aliphatic hydroxyl groups is 1. The van der Waals surface area contributed by atoms with E-state index in [9.17, 15) is 13.5 Å². The summed E-state index contributed by atoms with van der Waals surface area (Å²) in [4.78, 5) is 0. The fraction of sp³-hybridized carbons (Fsp3) is 1.00. The summed E-state index contributed by atoms with van der Waals surface area (Å²) in [6.45, 7) is 5.87. The van der Waals surface area contributed by atoms with Gasteiger partial charge in [0.15, 0.2) is 9.84 Å². The van der Waals surface area contributed by atoms with Crippen LogP contribution < -0.4 is 0 Å². The summed E-state index contributed by atoms with van der Waals surface area (Å²) in [5, 5.41) is 9.19. The third kappa shape index (κ3) is 2.48. The van der Waals surface area contributed by atoms with Crippen LogP contribution in [0.4, 0.5) is 0 Å². The molecule has 0 saturated heterocycles. The molecule has 1 saturated carbocycles. The van der Waals surface area contributed by atoms with Crippen molar-refractivity contribution in [1.29, 1.82) is 0 Å². The van der Waals surface area contributed by atoms with Crippen LogP contribution in [0, 0.1) is 11.3 Å². The first kappa shape index (κ1) is 12.0. The number of aliphatic hydroxyl groups excluding tert-OH is 1. The molecule has 0 aromatic heterocycles. The molecular formula is C10H20O3S. The van der Waals surface area contributed by atoms with Crippen molar-refractivity contribution in [3.05, 3.63) is 0 Å². The lowest BCUT2D eigenvalue weighted by atomic mass is 9.62. The van der Waals surface area contributed by atoms with Gasteiger partial charge in [-0.1, -0.05) is 13.8 Å². The van der Waals surface area contributed by atoms with Gasteiger partial charge in [0.25, 0.3) is 0 Å². The molecule has 3 nitrogen and oxygen atoms in total. The lowest BCUT2D eigenvalue weighted by Crippen LogP contribution is -2.45. The van der Waals surface area contributed by atoms with Crippen LogP contribution in [0.2, 0.25) is 0 Å². The van der Waals surface area contributed by atoms with E-state index in [2.05, 4.69) is 13.8 Å². The first-order chi connectivity index (χ1) is 6.13. The molecule has 1 rings (SSSR count). The molecule has 1 aliphatic rings. The zero-order valence-electron chi connectivity index (χ0n) is 9.32. The maximum Gasteiger partial charge on any atom is 0.152 e. The normalized spacial score (nSPS) is 26.6. The third-order valence-corrected chi connectivity index (χ3v) is 4.90. The highest BCUT2D eigenvalue weighted by molar-refractivity contribution is 7.91. The topological polar surface area (TPSA) is 54.4 Å². The molecule has 0 radical (unpaired) electrons. The Kier molecular flexibility index (Phi) is 2.99. The van der Waals surface area contributed by atoms with Crippen molar-refractivity contribution in [2.24, 2.45) is 11.3 Å². The van der Waals surface area contributed by atoms with E-state index >= 15 is 0 Å². The van der Waals surface area contributed by atoms with E-state index in [0.29, 0.717) is 0 Å². The molecule has 4 heteroatoms. The Bertz CT molecular complexity index is 297. The molecule has 1 fully saturated rings. The van der Waals surface area contributed by atoms with Gasteiger partial charge >= 0.3 is 0 Å². The number of hydrogen-bond acceptors (Lipinski definition) is 3. The monoisotopic (exact) mass is 220 g/mol. The second-order valence-corrected chi connectivity index (χ2v) is 7.76. The minimum Gasteiger partial charge on any atom is -0.391 e. The van der Waals surface area contributed by atoms with E-state index in [-0.39, 0.29) is 11.3 Å². The molecule has 0 aromatic carbocycles. The maximum atomic E-state index is 11.2. The van der Waals surface area contributed by atoms with Crippen molar-refractivity contribution >= 4 is 9.84 Å². The number of rotatable bonds is 3. The summed E-state index contributed by atoms with van der Waals surface area (Å²) in [5.41, 5.74) is 0.281. The van der Waals surface area contributed by atoms with E-state index < -0.39 is 21.2 Å². The van der Waals surface area contributed by atoms with Gasteiger partial charge in [-0.05, 0) is 31.1 Å². The number of hydrogen-bond donors (Lipinski definition) is 1. The van der Waals surface area contributed by atoms with Crippen LogP contribution in [0.3, 0.4) is 0 Å². The smallest absolute Gasteiger partial charge is 0.152 e. The van der Waals surface area contributed by atoms with Crippen LogP contribution in [0.15, 0.2) is 0 Å². The Morgan fingerprint density at radius 3 is 2.07 bits per heavy atom. The summed E-state index contributed by atoms with van der Waals surface area (Å²) >= 11 is 0.